The van der Waals surface area contributed by atoms with Gasteiger partial charge in [-0.2, -0.15) is 5.10 Å². The van der Waals surface area contributed by atoms with E-state index in [1.165, 1.54) is 12.1 Å². The molecule has 0 saturated heterocycles. The van der Waals surface area contributed by atoms with E-state index in [0.29, 0.717) is 36.6 Å². The van der Waals surface area contributed by atoms with Crippen LogP contribution in [0.3, 0.4) is 0 Å². The van der Waals surface area contributed by atoms with Crippen LogP contribution >= 0.6 is 0 Å². The number of methoxy groups -OCH3 is 2. The predicted octanol–water partition coefficient (Wildman–Crippen LogP) is 3.79. The molecule has 0 fully saturated rings. The summed E-state index contributed by atoms with van der Waals surface area (Å²) in [6.07, 6.45) is 2.98. The highest BCUT2D eigenvalue weighted by atomic mass is 19.1. The van der Waals surface area contributed by atoms with Gasteiger partial charge in [0.15, 0.2) is 11.5 Å². The van der Waals surface area contributed by atoms with Crippen molar-refractivity contribution in [3.63, 3.8) is 0 Å². The standard InChI is InChI=1S/C23H24FN3O3/c1-4-20-19(13-25-27(20)18-7-5-17(24)6-8-18)23(28)26-10-9-15-11-21(29-2)22(30-3)12-16(15)14-26/h5-8,11-13H,4,9-10,14H2,1-3H3. The van der Waals surface area contributed by atoms with Crippen molar-refractivity contribution >= 4 is 5.91 Å². The van der Waals surface area contributed by atoms with Crippen molar-refractivity contribution < 1.29 is 18.7 Å². The molecule has 2 aromatic carbocycles. The van der Waals surface area contributed by atoms with Crippen LogP contribution in [0.4, 0.5) is 4.39 Å². The number of aromatic nitrogens is 2. The lowest BCUT2D eigenvalue weighted by Crippen LogP contribution is -2.36. The van der Waals surface area contributed by atoms with Crippen LogP contribution in [0.5, 0.6) is 11.5 Å². The molecule has 1 aliphatic heterocycles. The zero-order chi connectivity index (χ0) is 21.3. The molecule has 0 radical (unpaired) electrons. The van der Waals surface area contributed by atoms with E-state index >= 15 is 0 Å². The highest BCUT2D eigenvalue weighted by molar-refractivity contribution is 5.95. The molecule has 0 atom stereocenters. The van der Waals surface area contributed by atoms with Crippen molar-refractivity contribution in [3.05, 3.63) is 70.8 Å². The monoisotopic (exact) mass is 409 g/mol. The zero-order valence-corrected chi connectivity index (χ0v) is 17.3. The van der Waals surface area contributed by atoms with Gasteiger partial charge in [-0.05, 0) is 60.4 Å². The maximum atomic E-state index is 13.3. The van der Waals surface area contributed by atoms with Gasteiger partial charge in [0.2, 0.25) is 0 Å². The first-order chi connectivity index (χ1) is 14.5. The summed E-state index contributed by atoms with van der Waals surface area (Å²) in [5, 5.41) is 4.41. The van der Waals surface area contributed by atoms with Crippen molar-refractivity contribution in [1.29, 1.82) is 0 Å². The Hall–Kier alpha value is -3.35. The van der Waals surface area contributed by atoms with E-state index in [0.717, 1.165) is 28.9 Å². The highest BCUT2D eigenvalue weighted by Crippen LogP contribution is 2.33. The van der Waals surface area contributed by atoms with Gasteiger partial charge in [0.05, 0.1) is 37.4 Å². The highest BCUT2D eigenvalue weighted by Gasteiger charge is 2.27. The number of halogens is 1. The van der Waals surface area contributed by atoms with Gasteiger partial charge in [-0.3, -0.25) is 4.79 Å². The second-order valence-corrected chi connectivity index (χ2v) is 7.20. The van der Waals surface area contributed by atoms with Crippen LogP contribution in [0.1, 0.15) is 34.1 Å². The Kier molecular flexibility index (Phi) is 5.44. The number of carbonyl (C=O) groups excluding carboxylic acids is 1. The summed E-state index contributed by atoms with van der Waals surface area (Å²) >= 11 is 0. The second-order valence-electron chi connectivity index (χ2n) is 7.20. The fourth-order valence-electron chi connectivity index (χ4n) is 3.92. The molecule has 1 aliphatic rings. The van der Waals surface area contributed by atoms with Crippen LogP contribution in [-0.4, -0.2) is 41.4 Å². The molecule has 1 amide bonds. The smallest absolute Gasteiger partial charge is 0.257 e. The maximum Gasteiger partial charge on any atom is 0.257 e. The third kappa shape index (κ3) is 3.51. The number of carbonyl (C=O) groups is 1. The topological polar surface area (TPSA) is 56.6 Å². The van der Waals surface area contributed by atoms with Gasteiger partial charge in [0.25, 0.3) is 5.91 Å². The molecule has 0 unspecified atom stereocenters. The molecule has 4 rings (SSSR count). The number of fused-ring (bicyclic) bond motifs is 1. The Morgan fingerprint density at radius 3 is 2.40 bits per heavy atom. The molecule has 0 bridgehead atoms. The molecule has 30 heavy (non-hydrogen) atoms. The maximum absolute atomic E-state index is 13.3. The minimum Gasteiger partial charge on any atom is -0.493 e. The summed E-state index contributed by atoms with van der Waals surface area (Å²) in [5.74, 6) is 0.994. The van der Waals surface area contributed by atoms with Gasteiger partial charge in [-0.15, -0.1) is 0 Å². The van der Waals surface area contributed by atoms with E-state index < -0.39 is 0 Å². The number of rotatable bonds is 5. The van der Waals surface area contributed by atoms with Crippen molar-refractivity contribution in [3.8, 4) is 17.2 Å². The van der Waals surface area contributed by atoms with Gasteiger partial charge in [0, 0.05) is 13.1 Å². The van der Waals surface area contributed by atoms with Crippen molar-refractivity contribution in [2.45, 2.75) is 26.3 Å². The van der Waals surface area contributed by atoms with Crippen LogP contribution in [-0.2, 0) is 19.4 Å². The van der Waals surface area contributed by atoms with Gasteiger partial charge in [-0.1, -0.05) is 6.92 Å². The number of benzene rings is 2. The molecular weight excluding hydrogens is 385 g/mol. The van der Waals surface area contributed by atoms with E-state index in [-0.39, 0.29) is 11.7 Å². The lowest BCUT2D eigenvalue weighted by Gasteiger charge is -2.29. The lowest BCUT2D eigenvalue weighted by molar-refractivity contribution is 0.0733. The fourth-order valence-corrected chi connectivity index (χ4v) is 3.92. The first kappa shape index (κ1) is 19.9. The van der Waals surface area contributed by atoms with Crippen LogP contribution in [0, 0.1) is 5.82 Å². The zero-order valence-electron chi connectivity index (χ0n) is 17.3. The summed E-state index contributed by atoms with van der Waals surface area (Å²) < 4.78 is 25.8. The summed E-state index contributed by atoms with van der Waals surface area (Å²) in [6.45, 7) is 3.10. The van der Waals surface area contributed by atoms with Gasteiger partial charge in [0.1, 0.15) is 5.82 Å². The molecule has 2 heterocycles. The number of amides is 1. The summed E-state index contributed by atoms with van der Waals surface area (Å²) in [5.41, 5.74) is 4.33. The van der Waals surface area contributed by atoms with Crippen LogP contribution in [0.25, 0.3) is 5.69 Å². The number of nitrogens with zero attached hydrogens (tertiary/aromatic N) is 3. The normalized spacial score (nSPS) is 13.1. The number of hydrogen-bond donors (Lipinski definition) is 0. The van der Waals surface area contributed by atoms with Crippen molar-refractivity contribution in [1.82, 2.24) is 14.7 Å². The Balaban J connectivity index is 1.62. The summed E-state index contributed by atoms with van der Waals surface area (Å²) in [4.78, 5) is 15.2. The average Bonchev–Trinajstić information content (AvgIpc) is 3.21. The van der Waals surface area contributed by atoms with Crippen molar-refractivity contribution in [2.75, 3.05) is 20.8 Å². The van der Waals surface area contributed by atoms with Crippen LogP contribution in [0.2, 0.25) is 0 Å². The first-order valence-electron chi connectivity index (χ1n) is 9.91. The van der Waals surface area contributed by atoms with Crippen LogP contribution < -0.4 is 9.47 Å². The molecule has 156 valence electrons. The third-order valence-corrected chi connectivity index (χ3v) is 5.51. The molecular formula is C23H24FN3O3. The van der Waals surface area contributed by atoms with Gasteiger partial charge < -0.3 is 14.4 Å². The summed E-state index contributed by atoms with van der Waals surface area (Å²) in [6, 6.07) is 10.0. The molecule has 0 aliphatic carbocycles. The molecule has 0 saturated carbocycles. The quantitative estimate of drug-likeness (QED) is 0.643. The van der Waals surface area contributed by atoms with E-state index in [9.17, 15) is 9.18 Å². The molecule has 0 N–H and O–H groups in total. The van der Waals surface area contributed by atoms with Gasteiger partial charge >= 0.3 is 0 Å². The predicted molar refractivity (Wildman–Crippen MR) is 111 cm³/mol. The molecule has 0 spiro atoms. The Morgan fingerprint density at radius 2 is 1.77 bits per heavy atom. The number of hydrogen-bond acceptors (Lipinski definition) is 4. The molecule has 1 aromatic heterocycles. The Morgan fingerprint density at radius 1 is 1.10 bits per heavy atom. The molecule has 7 heteroatoms. The Labute approximate surface area is 174 Å². The van der Waals surface area contributed by atoms with E-state index in [1.54, 1.807) is 37.2 Å². The number of ether oxygens (including phenoxy) is 2. The third-order valence-electron chi connectivity index (χ3n) is 5.51. The van der Waals surface area contributed by atoms with E-state index in [4.69, 9.17) is 9.47 Å². The van der Waals surface area contributed by atoms with E-state index in [2.05, 4.69) is 5.10 Å². The molecule has 6 nitrogen and oxygen atoms in total. The lowest BCUT2D eigenvalue weighted by atomic mass is 9.98. The minimum absolute atomic E-state index is 0.0550. The Bertz CT molecular complexity index is 1080. The first-order valence-corrected chi connectivity index (χ1v) is 9.91. The summed E-state index contributed by atoms with van der Waals surface area (Å²) in [7, 11) is 3.22. The van der Waals surface area contributed by atoms with Crippen molar-refractivity contribution in [2.24, 2.45) is 0 Å². The minimum atomic E-state index is -0.306. The largest absolute Gasteiger partial charge is 0.493 e. The van der Waals surface area contributed by atoms with Gasteiger partial charge in [-0.25, -0.2) is 9.07 Å². The average molecular weight is 409 g/mol. The second kappa shape index (κ2) is 8.18. The van der Waals surface area contributed by atoms with Crippen LogP contribution in [0.15, 0.2) is 42.6 Å². The fraction of sp³-hybridized carbons (Fsp3) is 0.304. The van der Waals surface area contributed by atoms with E-state index in [1.807, 2.05) is 24.0 Å². The molecule has 3 aromatic rings. The SMILES string of the molecule is CCc1c(C(=O)N2CCc3cc(OC)c(OC)cc3C2)cnn1-c1ccc(F)cc1.